The van der Waals surface area contributed by atoms with Crippen molar-refractivity contribution in [2.24, 2.45) is 4.99 Å². The Kier molecular flexibility index (Phi) is 9.91. The number of anilines is 3. The zero-order valence-electron chi connectivity index (χ0n) is 30.1. The van der Waals surface area contributed by atoms with E-state index in [2.05, 4.69) is 25.8 Å². The molecule has 1 amide bonds. The highest BCUT2D eigenvalue weighted by Gasteiger charge is 2.38. The van der Waals surface area contributed by atoms with Crippen molar-refractivity contribution < 1.29 is 27.1 Å². The van der Waals surface area contributed by atoms with Crippen LogP contribution in [0.2, 0.25) is 0 Å². The van der Waals surface area contributed by atoms with Gasteiger partial charge in [-0.05, 0) is 80.4 Å². The van der Waals surface area contributed by atoms with Crippen molar-refractivity contribution in [2.75, 3.05) is 48.8 Å². The van der Waals surface area contributed by atoms with Gasteiger partial charge < -0.3 is 25.6 Å². The first-order chi connectivity index (χ1) is 26.7. The molecular formula is C41H40F4N8O2. The second-order valence-electron chi connectivity index (χ2n) is 14.0. The monoisotopic (exact) mass is 752 g/mol. The Bertz CT molecular complexity index is 2260. The number of nitrogens with one attached hydrogen (secondary N) is 3. The van der Waals surface area contributed by atoms with E-state index in [0.717, 1.165) is 56.0 Å². The number of piperidine rings is 2. The Labute approximate surface area is 315 Å². The first kappa shape index (κ1) is 36.1. The first-order valence-electron chi connectivity index (χ1n) is 18.3. The van der Waals surface area contributed by atoms with E-state index in [1.54, 1.807) is 31.5 Å². The molecule has 0 saturated carbocycles. The number of pyridine rings is 1. The second kappa shape index (κ2) is 15.1. The Hall–Kier alpha value is -5.89. The van der Waals surface area contributed by atoms with Gasteiger partial charge in [-0.15, -0.1) is 0 Å². The van der Waals surface area contributed by atoms with Gasteiger partial charge in [0, 0.05) is 60.8 Å². The molecule has 1 unspecified atom stereocenters. The van der Waals surface area contributed by atoms with E-state index in [1.165, 1.54) is 6.07 Å². The van der Waals surface area contributed by atoms with Gasteiger partial charge in [-0.1, -0.05) is 24.3 Å². The molecule has 0 aliphatic carbocycles. The van der Waals surface area contributed by atoms with Crippen LogP contribution in [0.3, 0.4) is 0 Å². The van der Waals surface area contributed by atoms with E-state index in [0.29, 0.717) is 40.5 Å². The zero-order valence-corrected chi connectivity index (χ0v) is 30.1. The van der Waals surface area contributed by atoms with Crippen LogP contribution in [0.4, 0.5) is 34.6 Å². The van der Waals surface area contributed by atoms with Crippen LogP contribution >= 0.6 is 0 Å². The number of methoxy groups -OCH3 is 1. The minimum absolute atomic E-state index is 0.0231. The Balaban J connectivity index is 0.989. The van der Waals surface area contributed by atoms with E-state index in [4.69, 9.17) is 9.72 Å². The molecule has 3 aliphatic rings. The molecule has 10 nitrogen and oxygen atoms in total. The van der Waals surface area contributed by atoms with E-state index in [9.17, 15) is 22.4 Å². The van der Waals surface area contributed by atoms with Crippen LogP contribution in [0.1, 0.15) is 41.7 Å². The van der Waals surface area contributed by atoms with Crippen molar-refractivity contribution >= 4 is 40.5 Å². The average molecular weight is 753 g/mol. The summed E-state index contributed by atoms with van der Waals surface area (Å²) in [6.07, 6.45) is 7.00. The van der Waals surface area contributed by atoms with Crippen molar-refractivity contribution in [3.8, 4) is 17.0 Å². The first-order valence-corrected chi connectivity index (χ1v) is 18.3. The number of rotatable bonds is 9. The van der Waals surface area contributed by atoms with Gasteiger partial charge in [0.15, 0.2) is 6.29 Å². The SMILES string of the molecule is COc1cc(N2CCC(N3CCCC(F)(F)C3)CC2)ccc1NC1N=CC=C(c2c(-c3cccc(C(=O)Nc4c(F)cccc4F)c3)nc3ccccn23)N1. The maximum atomic E-state index is 14.3. The number of aromatic nitrogens is 2. The summed E-state index contributed by atoms with van der Waals surface area (Å²) < 4.78 is 64.5. The Morgan fingerprint density at radius 3 is 2.55 bits per heavy atom. The molecule has 55 heavy (non-hydrogen) atoms. The number of hydrogen-bond donors (Lipinski definition) is 3. The molecular weight excluding hydrogens is 712 g/mol. The van der Waals surface area contributed by atoms with Crippen LogP contribution in [0, 0.1) is 11.6 Å². The third-order valence-electron chi connectivity index (χ3n) is 10.4. The maximum absolute atomic E-state index is 14.3. The molecule has 14 heteroatoms. The lowest BCUT2D eigenvalue weighted by Crippen LogP contribution is -2.51. The number of benzene rings is 3. The molecule has 0 radical (unpaired) electrons. The van der Waals surface area contributed by atoms with Crippen molar-refractivity contribution in [1.82, 2.24) is 19.6 Å². The summed E-state index contributed by atoms with van der Waals surface area (Å²) in [4.78, 5) is 26.9. The van der Waals surface area contributed by atoms with Crippen molar-refractivity contribution in [2.45, 2.75) is 43.9 Å². The number of carbonyl (C=O) groups is 1. The van der Waals surface area contributed by atoms with E-state index in [1.807, 2.05) is 64.0 Å². The van der Waals surface area contributed by atoms with Gasteiger partial charge in [-0.3, -0.25) is 14.1 Å². The van der Waals surface area contributed by atoms with Gasteiger partial charge in [0.25, 0.3) is 11.8 Å². The van der Waals surface area contributed by atoms with Crippen LogP contribution < -0.4 is 25.6 Å². The summed E-state index contributed by atoms with van der Waals surface area (Å²) in [6, 6.07) is 21.9. The number of likely N-dealkylation sites (tertiary alicyclic amines) is 1. The number of para-hydroxylation sites is 1. The summed E-state index contributed by atoms with van der Waals surface area (Å²) in [5, 5.41) is 9.25. The fourth-order valence-electron chi connectivity index (χ4n) is 7.66. The molecule has 3 N–H and O–H groups in total. The summed E-state index contributed by atoms with van der Waals surface area (Å²) >= 11 is 0. The minimum Gasteiger partial charge on any atom is -0.495 e. The van der Waals surface area contributed by atoms with Crippen molar-refractivity contribution in [1.29, 1.82) is 0 Å². The van der Waals surface area contributed by atoms with Gasteiger partial charge in [0.05, 0.1) is 36.4 Å². The molecule has 8 rings (SSSR count). The zero-order chi connectivity index (χ0) is 38.1. The predicted molar refractivity (Wildman–Crippen MR) is 206 cm³/mol. The quantitative estimate of drug-likeness (QED) is 0.133. The molecule has 2 saturated heterocycles. The molecule has 1 atom stereocenters. The number of nitrogens with zero attached hydrogens (tertiary/aromatic N) is 5. The molecule has 2 fully saturated rings. The lowest BCUT2D eigenvalue weighted by Gasteiger charge is -2.42. The van der Waals surface area contributed by atoms with Gasteiger partial charge in [-0.25, -0.2) is 27.5 Å². The second-order valence-corrected chi connectivity index (χ2v) is 14.0. The number of hydrogen-bond acceptors (Lipinski definition) is 8. The third kappa shape index (κ3) is 7.59. The highest BCUT2D eigenvalue weighted by Crippen LogP contribution is 2.35. The number of imidazole rings is 1. The lowest BCUT2D eigenvalue weighted by atomic mass is 9.98. The number of amides is 1. The normalized spacial score (nSPS) is 18.8. The molecule has 2 aromatic heterocycles. The largest absolute Gasteiger partial charge is 0.495 e. The summed E-state index contributed by atoms with van der Waals surface area (Å²) in [5.41, 5.74) is 4.67. The Morgan fingerprint density at radius 1 is 0.964 bits per heavy atom. The fraction of sp³-hybridized carbons (Fsp3) is 0.293. The summed E-state index contributed by atoms with van der Waals surface area (Å²) in [7, 11) is 1.61. The van der Waals surface area contributed by atoms with E-state index in [-0.39, 0.29) is 24.6 Å². The molecule has 284 valence electrons. The van der Waals surface area contributed by atoms with E-state index >= 15 is 0 Å². The lowest BCUT2D eigenvalue weighted by molar-refractivity contribution is -0.0771. The standard InChI is InChI=1S/C41H40F4N8O2/c1-55-34-24-29(51-21-15-28(16-22-51)52-19-6-17-41(44,45)25-52)12-13-32(34)47-40-46-18-14-33(48-40)38-36(49-35-11-2-3-20-53(35)38)26-7-4-8-27(23-26)39(54)50-37-30(42)9-5-10-31(37)43/h2-5,7-14,18,20,23-24,28,40,47-48H,6,15-17,19,21-22,25H2,1H3,(H,50,54). The van der Waals surface area contributed by atoms with Crippen LogP contribution in [0.25, 0.3) is 22.6 Å². The number of carbonyl (C=O) groups excluding carboxylic acids is 1. The number of alkyl halides is 2. The summed E-state index contributed by atoms with van der Waals surface area (Å²) in [5.74, 6) is -4.39. The van der Waals surface area contributed by atoms with Gasteiger partial charge in [0.2, 0.25) is 0 Å². The molecule has 3 aliphatic heterocycles. The topological polar surface area (TPSA) is 98.5 Å². The van der Waals surface area contributed by atoms with Crippen LogP contribution in [0.15, 0.2) is 96.1 Å². The molecule has 5 aromatic rings. The summed E-state index contributed by atoms with van der Waals surface area (Å²) in [6.45, 7) is 2.12. The fourth-order valence-corrected chi connectivity index (χ4v) is 7.66. The van der Waals surface area contributed by atoms with Crippen LogP contribution in [0.5, 0.6) is 5.75 Å². The molecule has 0 bridgehead atoms. The van der Waals surface area contributed by atoms with Gasteiger partial charge in [-0.2, -0.15) is 0 Å². The number of fused-ring (bicyclic) bond motifs is 1. The minimum atomic E-state index is -2.60. The number of allylic oxidation sites excluding steroid dienone is 1. The predicted octanol–water partition coefficient (Wildman–Crippen LogP) is 7.65. The highest BCUT2D eigenvalue weighted by molar-refractivity contribution is 6.05. The van der Waals surface area contributed by atoms with Crippen molar-refractivity contribution in [3.05, 3.63) is 114 Å². The molecule has 5 heterocycles. The van der Waals surface area contributed by atoms with Crippen LogP contribution in [-0.2, 0) is 0 Å². The third-order valence-corrected chi connectivity index (χ3v) is 10.4. The number of halogens is 4. The van der Waals surface area contributed by atoms with Gasteiger partial charge in [0.1, 0.15) is 28.7 Å². The smallest absolute Gasteiger partial charge is 0.260 e. The molecule has 0 spiro atoms. The number of aliphatic imine (C=N–C) groups is 1. The average Bonchev–Trinajstić information content (AvgIpc) is 3.59. The van der Waals surface area contributed by atoms with Crippen LogP contribution in [-0.4, -0.2) is 77.9 Å². The number of ether oxygens (including phenoxy) is 1. The highest BCUT2D eigenvalue weighted by atomic mass is 19.3. The van der Waals surface area contributed by atoms with Crippen molar-refractivity contribution in [3.63, 3.8) is 0 Å². The maximum Gasteiger partial charge on any atom is 0.260 e. The van der Waals surface area contributed by atoms with Gasteiger partial charge >= 0.3 is 0 Å². The Morgan fingerprint density at radius 2 is 1.76 bits per heavy atom. The van der Waals surface area contributed by atoms with E-state index < -0.39 is 35.4 Å². The molecule has 3 aromatic carbocycles.